The van der Waals surface area contributed by atoms with Crippen LogP contribution in [0.1, 0.15) is 26.0 Å². The standard InChI is InChI=1S/C16H19IO4S/c1-10(2)6-7-20-15(18)9-14-16(22(3)19)12-8-11(17)4-5-13(12)21-14/h4-5,8,10H,6-7,9H2,1-3H3/t22-/m0/s1. The molecule has 1 aromatic heterocycles. The first kappa shape index (κ1) is 17.5. The molecule has 0 saturated carbocycles. The Labute approximate surface area is 146 Å². The molecule has 0 aliphatic rings. The quantitative estimate of drug-likeness (QED) is 0.511. The predicted octanol–water partition coefficient (Wildman–Crippen LogP) is 3.91. The number of rotatable bonds is 6. The van der Waals surface area contributed by atoms with E-state index in [2.05, 4.69) is 36.4 Å². The number of carbonyl (C=O) groups excluding carboxylic acids is 1. The third-order valence-corrected chi connectivity index (χ3v) is 4.92. The van der Waals surface area contributed by atoms with Gasteiger partial charge in [-0.05, 0) is 53.1 Å². The fraction of sp³-hybridized carbons (Fsp3) is 0.438. The summed E-state index contributed by atoms with van der Waals surface area (Å²) in [6, 6.07) is 5.67. The van der Waals surface area contributed by atoms with Crippen LogP contribution in [0.25, 0.3) is 11.0 Å². The number of carbonyl (C=O) groups is 1. The lowest BCUT2D eigenvalue weighted by atomic mass is 10.1. The van der Waals surface area contributed by atoms with E-state index in [0.717, 1.165) is 15.4 Å². The van der Waals surface area contributed by atoms with Crippen molar-refractivity contribution < 1.29 is 18.2 Å². The summed E-state index contributed by atoms with van der Waals surface area (Å²) in [6.45, 7) is 4.55. The van der Waals surface area contributed by atoms with Crippen molar-refractivity contribution in [1.29, 1.82) is 0 Å². The van der Waals surface area contributed by atoms with Gasteiger partial charge in [-0.25, -0.2) is 0 Å². The van der Waals surface area contributed by atoms with Crippen molar-refractivity contribution in [3.05, 3.63) is 27.5 Å². The molecule has 2 rings (SSSR count). The molecule has 0 N–H and O–H groups in total. The summed E-state index contributed by atoms with van der Waals surface area (Å²) in [4.78, 5) is 12.5. The van der Waals surface area contributed by atoms with E-state index in [1.807, 2.05) is 18.2 Å². The molecule has 2 aromatic rings. The molecule has 6 heteroatoms. The highest BCUT2D eigenvalue weighted by Gasteiger charge is 2.20. The monoisotopic (exact) mass is 434 g/mol. The average Bonchev–Trinajstić information content (AvgIpc) is 2.75. The lowest BCUT2D eigenvalue weighted by molar-refractivity contribution is -0.143. The summed E-state index contributed by atoms with van der Waals surface area (Å²) in [7, 11) is -1.23. The number of benzene rings is 1. The van der Waals surface area contributed by atoms with Crippen LogP contribution < -0.4 is 0 Å². The number of esters is 1. The van der Waals surface area contributed by atoms with Crippen LogP contribution in [0.5, 0.6) is 0 Å². The second-order valence-electron chi connectivity index (χ2n) is 5.53. The molecule has 0 spiro atoms. The third kappa shape index (κ3) is 4.32. The molecule has 0 aliphatic carbocycles. The van der Waals surface area contributed by atoms with Gasteiger partial charge in [0.2, 0.25) is 0 Å². The first-order chi connectivity index (χ1) is 10.4. The molecule has 1 heterocycles. The second-order valence-corrected chi connectivity index (χ2v) is 8.09. The Morgan fingerprint density at radius 1 is 1.41 bits per heavy atom. The molecule has 0 unspecified atom stereocenters. The van der Waals surface area contributed by atoms with Gasteiger partial charge in [0.1, 0.15) is 17.8 Å². The molecule has 1 atom stereocenters. The minimum Gasteiger partial charge on any atom is -0.465 e. The Morgan fingerprint density at radius 2 is 2.14 bits per heavy atom. The van der Waals surface area contributed by atoms with Crippen molar-refractivity contribution in [3.63, 3.8) is 0 Å². The van der Waals surface area contributed by atoms with Crippen molar-refractivity contribution >= 4 is 50.3 Å². The maximum Gasteiger partial charge on any atom is 0.313 e. The van der Waals surface area contributed by atoms with Crippen molar-refractivity contribution in [2.45, 2.75) is 31.6 Å². The Balaban J connectivity index is 2.22. The number of hydrogen-bond acceptors (Lipinski definition) is 4. The molecule has 4 nitrogen and oxygen atoms in total. The lowest BCUT2D eigenvalue weighted by Gasteiger charge is -2.06. The van der Waals surface area contributed by atoms with Gasteiger partial charge >= 0.3 is 5.97 Å². The summed E-state index contributed by atoms with van der Waals surface area (Å²) >= 11 is 2.19. The Hall–Kier alpha value is -0.890. The van der Waals surface area contributed by atoms with Crippen LogP contribution in [0.15, 0.2) is 27.5 Å². The number of halogens is 1. The highest BCUT2D eigenvalue weighted by molar-refractivity contribution is 14.1. The van der Waals surface area contributed by atoms with Gasteiger partial charge in [-0.2, -0.15) is 0 Å². The third-order valence-electron chi connectivity index (χ3n) is 3.22. The molecule has 0 aliphatic heterocycles. The largest absolute Gasteiger partial charge is 0.465 e. The normalized spacial score (nSPS) is 12.8. The van der Waals surface area contributed by atoms with Gasteiger partial charge in [0, 0.05) is 15.2 Å². The minimum atomic E-state index is -1.23. The number of furan rings is 1. The zero-order chi connectivity index (χ0) is 16.3. The van der Waals surface area contributed by atoms with E-state index >= 15 is 0 Å². The first-order valence-electron chi connectivity index (χ1n) is 7.08. The topological polar surface area (TPSA) is 56.5 Å². The van der Waals surface area contributed by atoms with Gasteiger partial charge in [0.25, 0.3) is 0 Å². The van der Waals surface area contributed by atoms with Crippen LogP contribution in [0.3, 0.4) is 0 Å². The molecule has 22 heavy (non-hydrogen) atoms. The van der Waals surface area contributed by atoms with E-state index in [9.17, 15) is 9.00 Å². The van der Waals surface area contributed by atoms with Gasteiger partial charge in [-0.15, -0.1) is 0 Å². The highest BCUT2D eigenvalue weighted by Crippen LogP contribution is 2.30. The van der Waals surface area contributed by atoms with E-state index in [4.69, 9.17) is 9.15 Å². The van der Waals surface area contributed by atoms with Crippen LogP contribution in [0, 0.1) is 9.49 Å². The van der Waals surface area contributed by atoms with E-state index < -0.39 is 10.8 Å². The van der Waals surface area contributed by atoms with E-state index in [1.165, 1.54) is 0 Å². The summed E-state index contributed by atoms with van der Waals surface area (Å²) in [5.74, 6) is 0.577. The first-order valence-corrected chi connectivity index (χ1v) is 9.72. The smallest absolute Gasteiger partial charge is 0.313 e. The lowest BCUT2D eigenvalue weighted by Crippen LogP contribution is -2.11. The average molecular weight is 434 g/mol. The number of fused-ring (bicyclic) bond motifs is 1. The van der Waals surface area contributed by atoms with Crippen molar-refractivity contribution in [2.24, 2.45) is 5.92 Å². The SMILES string of the molecule is CC(C)CCOC(=O)Cc1oc2ccc(I)cc2c1[S@](C)=O. The second kappa shape index (κ2) is 7.59. The number of ether oxygens (including phenoxy) is 1. The summed E-state index contributed by atoms with van der Waals surface area (Å²) in [5, 5.41) is 0.803. The Kier molecular flexibility index (Phi) is 6.02. The molecule has 0 fully saturated rings. The van der Waals surface area contributed by atoms with E-state index in [0.29, 0.717) is 28.8 Å². The van der Waals surface area contributed by atoms with Crippen LogP contribution in [0.4, 0.5) is 0 Å². The Morgan fingerprint density at radius 3 is 2.77 bits per heavy atom. The molecular formula is C16H19IO4S. The number of hydrogen-bond donors (Lipinski definition) is 0. The van der Waals surface area contributed by atoms with Gasteiger partial charge in [0.15, 0.2) is 0 Å². The molecule has 0 saturated heterocycles. The van der Waals surface area contributed by atoms with E-state index in [-0.39, 0.29) is 12.4 Å². The zero-order valence-electron chi connectivity index (χ0n) is 12.8. The zero-order valence-corrected chi connectivity index (χ0v) is 15.8. The molecular weight excluding hydrogens is 415 g/mol. The Bertz CT molecular complexity index is 705. The van der Waals surface area contributed by atoms with Crippen molar-refractivity contribution in [1.82, 2.24) is 0 Å². The molecule has 1 aromatic carbocycles. The molecule has 0 amide bonds. The maximum atomic E-state index is 12.0. The van der Waals surface area contributed by atoms with Gasteiger partial charge in [-0.3, -0.25) is 9.00 Å². The van der Waals surface area contributed by atoms with Gasteiger partial charge in [0.05, 0.1) is 22.3 Å². The fourth-order valence-corrected chi connectivity index (χ4v) is 3.51. The van der Waals surface area contributed by atoms with Crippen LogP contribution >= 0.6 is 22.6 Å². The highest BCUT2D eigenvalue weighted by atomic mass is 127. The van der Waals surface area contributed by atoms with Crippen molar-refractivity contribution in [2.75, 3.05) is 12.9 Å². The van der Waals surface area contributed by atoms with Crippen LogP contribution in [-0.2, 0) is 26.8 Å². The fourth-order valence-electron chi connectivity index (χ4n) is 2.12. The predicted molar refractivity (Wildman–Crippen MR) is 95.4 cm³/mol. The summed E-state index contributed by atoms with van der Waals surface area (Å²) in [6.07, 6.45) is 2.44. The molecule has 0 bridgehead atoms. The van der Waals surface area contributed by atoms with Crippen LogP contribution in [-0.4, -0.2) is 23.0 Å². The van der Waals surface area contributed by atoms with Crippen molar-refractivity contribution in [3.8, 4) is 0 Å². The van der Waals surface area contributed by atoms with E-state index in [1.54, 1.807) is 6.26 Å². The maximum absolute atomic E-state index is 12.0. The molecule has 0 radical (unpaired) electrons. The van der Waals surface area contributed by atoms with Gasteiger partial charge in [-0.1, -0.05) is 13.8 Å². The van der Waals surface area contributed by atoms with Crippen LogP contribution in [0.2, 0.25) is 0 Å². The summed E-state index contributed by atoms with van der Waals surface area (Å²) in [5.41, 5.74) is 0.649. The minimum absolute atomic E-state index is 0.0122. The molecule has 120 valence electrons. The van der Waals surface area contributed by atoms with Gasteiger partial charge < -0.3 is 9.15 Å². The summed E-state index contributed by atoms with van der Waals surface area (Å²) < 4.78 is 24.0.